The highest BCUT2D eigenvalue weighted by Gasteiger charge is 2.40. The Labute approximate surface area is 146 Å². The van der Waals surface area contributed by atoms with Crippen molar-refractivity contribution in [2.45, 2.75) is 38.4 Å². The Balaban J connectivity index is 1.47. The van der Waals surface area contributed by atoms with Crippen molar-refractivity contribution >= 4 is 5.91 Å². The Morgan fingerprint density at radius 1 is 1.40 bits per heavy atom. The number of para-hydroxylation sites is 1. The smallest absolute Gasteiger partial charge is 0.264 e. The lowest BCUT2D eigenvalue weighted by Gasteiger charge is -2.33. The lowest BCUT2D eigenvalue weighted by atomic mass is 9.96. The fourth-order valence-corrected chi connectivity index (χ4v) is 3.43. The number of morpholine rings is 1. The van der Waals surface area contributed by atoms with Crippen LogP contribution in [-0.4, -0.2) is 51.8 Å². The Hall–Kier alpha value is -2.41. The van der Waals surface area contributed by atoms with E-state index in [4.69, 9.17) is 9.47 Å². The van der Waals surface area contributed by atoms with Gasteiger partial charge in [0, 0.05) is 24.4 Å². The number of nitrogens with zero attached hydrogens (tertiary/aromatic N) is 3. The zero-order valence-electron chi connectivity index (χ0n) is 14.4. The molecule has 2 aliphatic heterocycles. The first kappa shape index (κ1) is 16.1. The first-order valence-electron chi connectivity index (χ1n) is 8.74. The largest absolute Gasteiger partial charge is 0.480 e. The van der Waals surface area contributed by atoms with Crippen molar-refractivity contribution in [3.8, 4) is 5.75 Å². The van der Waals surface area contributed by atoms with Gasteiger partial charge in [-0.3, -0.25) is 9.89 Å². The molecule has 1 saturated heterocycles. The van der Waals surface area contributed by atoms with E-state index < -0.39 is 6.10 Å². The highest BCUT2D eigenvalue weighted by Crippen LogP contribution is 2.38. The van der Waals surface area contributed by atoms with E-state index in [1.807, 2.05) is 43.0 Å². The molecular formula is C18H22N4O3. The second-order valence-corrected chi connectivity index (χ2v) is 6.50. The van der Waals surface area contributed by atoms with Crippen molar-refractivity contribution in [3.63, 3.8) is 0 Å². The van der Waals surface area contributed by atoms with E-state index in [0.29, 0.717) is 25.5 Å². The topological polar surface area (TPSA) is 80.3 Å². The van der Waals surface area contributed by atoms with E-state index in [2.05, 4.69) is 15.2 Å². The molecule has 1 aromatic carbocycles. The molecule has 4 rings (SSSR count). The summed E-state index contributed by atoms with van der Waals surface area (Å²) < 4.78 is 11.7. The summed E-state index contributed by atoms with van der Waals surface area (Å²) in [4.78, 5) is 19.3. The molecule has 1 N–H and O–H groups in total. The predicted octanol–water partition coefficient (Wildman–Crippen LogP) is 1.83. The maximum atomic E-state index is 13.0. The normalized spacial score (nSPS) is 25.5. The molecular weight excluding hydrogens is 320 g/mol. The van der Waals surface area contributed by atoms with E-state index in [1.54, 1.807) is 0 Å². The van der Waals surface area contributed by atoms with Crippen molar-refractivity contribution in [1.82, 2.24) is 20.1 Å². The monoisotopic (exact) mass is 342 g/mol. The van der Waals surface area contributed by atoms with Crippen LogP contribution in [0.25, 0.3) is 0 Å². The van der Waals surface area contributed by atoms with Gasteiger partial charge in [0.05, 0.1) is 13.2 Å². The van der Waals surface area contributed by atoms with Gasteiger partial charge in [-0.25, -0.2) is 4.98 Å². The molecule has 0 aliphatic carbocycles. The minimum absolute atomic E-state index is 0.00301. The van der Waals surface area contributed by atoms with Crippen LogP contribution < -0.4 is 4.74 Å². The molecule has 0 bridgehead atoms. The average molecular weight is 342 g/mol. The van der Waals surface area contributed by atoms with E-state index in [0.717, 1.165) is 23.6 Å². The Morgan fingerprint density at radius 3 is 3.00 bits per heavy atom. The molecule has 132 valence electrons. The zero-order valence-corrected chi connectivity index (χ0v) is 14.4. The minimum Gasteiger partial charge on any atom is -0.480 e. The number of rotatable bonds is 3. The summed E-state index contributed by atoms with van der Waals surface area (Å²) in [7, 11) is 0. The Bertz CT molecular complexity index is 775. The van der Waals surface area contributed by atoms with Crippen LogP contribution in [0.5, 0.6) is 5.75 Å². The maximum absolute atomic E-state index is 13.0. The lowest BCUT2D eigenvalue weighted by molar-refractivity contribution is -0.146. The van der Waals surface area contributed by atoms with Gasteiger partial charge in [0.25, 0.3) is 5.91 Å². The molecule has 1 amide bonds. The van der Waals surface area contributed by atoms with Gasteiger partial charge in [-0.15, -0.1) is 0 Å². The number of aromatic nitrogens is 3. The number of H-pyrrole nitrogens is 1. The molecule has 0 radical (unpaired) electrons. The van der Waals surface area contributed by atoms with E-state index in [9.17, 15) is 4.79 Å². The van der Waals surface area contributed by atoms with Crippen molar-refractivity contribution in [2.24, 2.45) is 0 Å². The van der Waals surface area contributed by atoms with Gasteiger partial charge in [0.1, 0.15) is 17.7 Å². The summed E-state index contributed by atoms with van der Waals surface area (Å²) in [5.41, 5.74) is 1.09. The number of nitrogens with one attached hydrogen (secondary N) is 1. The van der Waals surface area contributed by atoms with Crippen LogP contribution in [0.15, 0.2) is 24.3 Å². The van der Waals surface area contributed by atoms with Crippen LogP contribution in [0, 0.1) is 0 Å². The standard InChI is InChI=1S/C18H22N4O3/c1-3-15-19-17(21-20-15)14-10-22(8-9-24-14)18(23)16-11(2)12-6-4-5-7-13(12)25-16/h4-7,11,14,16H,3,8-10H2,1-2H3,(H,19,20,21)/t11-,14+,16+/m1/s1. The molecule has 2 aromatic rings. The van der Waals surface area contributed by atoms with Crippen molar-refractivity contribution < 1.29 is 14.3 Å². The number of carbonyl (C=O) groups is 1. The summed E-state index contributed by atoms with van der Waals surface area (Å²) in [6, 6.07) is 7.85. The number of hydrogen-bond acceptors (Lipinski definition) is 5. The number of aryl methyl sites for hydroxylation is 1. The first-order valence-corrected chi connectivity index (χ1v) is 8.74. The van der Waals surface area contributed by atoms with Gasteiger partial charge in [0.15, 0.2) is 11.9 Å². The number of carbonyl (C=O) groups excluding carboxylic acids is 1. The molecule has 25 heavy (non-hydrogen) atoms. The number of hydrogen-bond donors (Lipinski definition) is 1. The first-order chi connectivity index (χ1) is 12.2. The molecule has 7 heteroatoms. The van der Waals surface area contributed by atoms with Crippen LogP contribution in [0.2, 0.25) is 0 Å². The molecule has 1 aromatic heterocycles. The van der Waals surface area contributed by atoms with Gasteiger partial charge < -0.3 is 14.4 Å². The second-order valence-electron chi connectivity index (χ2n) is 6.50. The molecule has 0 saturated carbocycles. The molecule has 0 spiro atoms. The zero-order chi connectivity index (χ0) is 17.4. The number of benzene rings is 1. The third-order valence-electron chi connectivity index (χ3n) is 4.91. The van der Waals surface area contributed by atoms with Gasteiger partial charge in [0.2, 0.25) is 0 Å². The summed E-state index contributed by atoms with van der Waals surface area (Å²) in [6.45, 7) is 5.53. The van der Waals surface area contributed by atoms with Crippen LogP contribution >= 0.6 is 0 Å². The van der Waals surface area contributed by atoms with Crippen molar-refractivity contribution in [2.75, 3.05) is 19.7 Å². The molecule has 3 heterocycles. The Kier molecular flexibility index (Phi) is 4.17. The lowest BCUT2D eigenvalue weighted by Crippen LogP contribution is -2.48. The molecule has 0 unspecified atom stereocenters. The van der Waals surface area contributed by atoms with Crippen LogP contribution in [0.1, 0.15) is 43.1 Å². The molecule has 1 fully saturated rings. The fraction of sp³-hybridized carbons (Fsp3) is 0.500. The molecule has 2 aliphatic rings. The maximum Gasteiger partial charge on any atom is 0.264 e. The average Bonchev–Trinajstić information content (AvgIpc) is 3.26. The summed E-state index contributed by atoms with van der Waals surface area (Å²) in [6.07, 6.45) is 0.0106. The number of amides is 1. The van der Waals surface area contributed by atoms with Crippen LogP contribution in [0.4, 0.5) is 0 Å². The highest BCUT2D eigenvalue weighted by atomic mass is 16.5. The summed E-state index contributed by atoms with van der Waals surface area (Å²) in [5, 5.41) is 7.12. The third-order valence-corrected chi connectivity index (χ3v) is 4.91. The molecule has 3 atom stereocenters. The molecule has 7 nitrogen and oxygen atoms in total. The summed E-state index contributed by atoms with van der Waals surface area (Å²) >= 11 is 0. The third kappa shape index (κ3) is 2.89. The number of ether oxygens (including phenoxy) is 2. The van der Waals surface area contributed by atoms with Gasteiger partial charge in [-0.1, -0.05) is 32.0 Å². The van der Waals surface area contributed by atoms with Crippen LogP contribution in [0.3, 0.4) is 0 Å². The second kappa shape index (κ2) is 6.48. The van der Waals surface area contributed by atoms with E-state index in [-0.39, 0.29) is 17.9 Å². The summed E-state index contributed by atoms with van der Waals surface area (Å²) in [5.74, 6) is 2.28. The van der Waals surface area contributed by atoms with Gasteiger partial charge in [-0.05, 0) is 6.07 Å². The Morgan fingerprint density at radius 2 is 2.24 bits per heavy atom. The van der Waals surface area contributed by atoms with Crippen LogP contribution in [-0.2, 0) is 16.0 Å². The highest BCUT2D eigenvalue weighted by molar-refractivity contribution is 5.83. The number of aromatic amines is 1. The van der Waals surface area contributed by atoms with Gasteiger partial charge >= 0.3 is 0 Å². The van der Waals surface area contributed by atoms with Crippen molar-refractivity contribution in [1.29, 1.82) is 0 Å². The van der Waals surface area contributed by atoms with Crippen molar-refractivity contribution in [3.05, 3.63) is 41.5 Å². The fourth-order valence-electron chi connectivity index (χ4n) is 3.43. The quantitative estimate of drug-likeness (QED) is 0.920. The van der Waals surface area contributed by atoms with Gasteiger partial charge in [-0.2, -0.15) is 5.10 Å². The van der Waals surface area contributed by atoms with E-state index in [1.165, 1.54) is 0 Å². The SMILES string of the molecule is CCc1nc([C@@H]2CN(C(=O)[C@H]3Oc4ccccc4[C@H]3C)CCO2)n[nH]1. The predicted molar refractivity (Wildman–Crippen MR) is 90.3 cm³/mol. The van der Waals surface area contributed by atoms with E-state index >= 15 is 0 Å². The minimum atomic E-state index is -0.477. The number of fused-ring (bicyclic) bond motifs is 1.